The van der Waals surface area contributed by atoms with Crippen molar-refractivity contribution in [3.05, 3.63) is 34.9 Å². The van der Waals surface area contributed by atoms with Gasteiger partial charge in [-0.15, -0.1) is 0 Å². The third-order valence-corrected chi connectivity index (χ3v) is 4.80. The molecule has 2 aliphatic rings. The molecule has 0 radical (unpaired) electrons. The van der Waals surface area contributed by atoms with E-state index in [0.717, 1.165) is 31.4 Å². The first kappa shape index (κ1) is 16.1. The zero-order valence-electron chi connectivity index (χ0n) is 13.2. The Bertz CT molecular complexity index is 645. The minimum atomic E-state index is -0.354. The Balaban J connectivity index is 1.86. The zero-order chi connectivity index (χ0) is 16.4. The molecular formula is C18H20ClNO3. The molecule has 23 heavy (non-hydrogen) atoms. The van der Waals surface area contributed by atoms with Crippen molar-refractivity contribution in [3.63, 3.8) is 0 Å². The van der Waals surface area contributed by atoms with E-state index in [1.165, 1.54) is 11.3 Å². The molecule has 0 aromatic heterocycles. The maximum atomic E-state index is 12.8. The summed E-state index contributed by atoms with van der Waals surface area (Å²) in [5.41, 5.74) is 0.973. The molecule has 1 aromatic carbocycles. The summed E-state index contributed by atoms with van der Waals surface area (Å²) >= 11 is 6.21. The maximum Gasteiger partial charge on any atom is 0.273 e. The second-order valence-electron chi connectivity index (χ2n) is 5.92. The van der Waals surface area contributed by atoms with E-state index in [4.69, 9.17) is 16.3 Å². The van der Waals surface area contributed by atoms with Gasteiger partial charge in [-0.3, -0.25) is 14.5 Å². The van der Waals surface area contributed by atoms with Crippen LogP contribution < -0.4 is 4.74 Å². The number of imide groups is 1. The number of hydrogen-bond acceptors (Lipinski definition) is 3. The number of benzene rings is 1. The molecule has 1 aliphatic carbocycles. The highest BCUT2D eigenvalue weighted by Gasteiger charge is 2.42. The first-order valence-corrected chi connectivity index (χ1v) is 8.52. The molecule has 0 N–H and O–H groups in total. The van der Waals surface area contributed by atoms with E-state index in [2.05, 4.69) is 0 Å². The quantitative estimate of drug-likeness (QED) is 0.789. The van der Waals surface area contributed by atoms with Crippen LogP contribution >= 0.6 is 11.6 Å². The molecule has 1 aromatic rings. The predicted molar refractivity (Wildman–Crippen MR) is 89.1 cm³/mol. The second kappa shape index (κ2) is 6.75. The number of amides is 2. The fourth-order valence-corrected chi connectivity index (χ4v) is 3.61. The summed E-state index contributed by atoms with van der Waals surface area (Å²) in [6.07, 6.45) is 5.02. The summed E-state index contributed by atoms with van der Waals surface area (Å²) in [6.45, 7) is 2.49. The number of rotatable bonds is 4. The third kappa shape index (κ3) is 3.00. The molecule has 0 saturated heterocycles. The van der Waals surface area contributed by atoms with Crippen LogP contribution in [0.2, 0.25) is 0 Å². The second-order valence-corrected chi connectivity index (χ2v) is 6.30. The van der Waals surface area contributed by atoms with Crippen molar-refractivity contribution >= 4 is 29.0 Å². The Kier molecular flexibility index (Phi) is 4.71. The summed E-state index contributed by atoms with van der Waals surface area (Å²) < 4.78 is 5.40. The van der Waals surface area contributed by atoms with Gasteiger partial charge in [0.1, 0.15) is 10.8 Å². The fourth-order valence-electron chi connectivity index (χ4n) is 3.32. The summed E-state index contributed by atoms with van der Waals surface area (Å²) in [4.78, 5) is 26.6. The Morgan fingerprint density at radius 1 is 1.09 bits per heavy atom. The van der Waals surface area contributed by atoms with Crippen LogP contribution in [0.15, 0.2) is 29.3 Å². The van der Waals surface area contributed by atoms with Gasteiger partial charge in [0.05, 0.1) is 12.2 Å². The van der Waals surface area contributed by atoms with Gasteiger partial charge in [0.2, 0.25) is 0 Å². The molecular weight excluding hydrogens is 314 g/mol. The first-order valence-electron chi connectivity index (χ1n) is 8.14. The van der Waals surface area contributed by atoms with Crippen LogP contribution in [-0.2, 0) is 9.59 Å². The highest BCUT2D eigenvalue weighted by atomic mass is 35.5. The summed E-state index contributed by atoms with van der Waals surface area (Å²) in [6, 6.07) is 7.11. The van der Waals surface area contributed by atoms with Gasteiger partial charge in [-0.05, 0) is 37.5 Å². The van der Waals surface area contributed by atoms with Crippen molar-refractivity contribution < 1.29 is 14.3 Å². The van der Waals surface area contributed by atoms with E-state index < -0.39 is 0 Å². The minimum Gasteiger partial charge on any atom is -0.494 e. The SMILES string of the molecule is CCOc1ccc(C2=C(Cl)C(=O)N(C3CCCCC3)C2=O)cc1. The lowest BCUT2D eigenvalue weighted by Crippen LogP contribution is -2.41. The third-order valence-electron chi connectivity index (χ3n) is 4.45. The van der Waals surface area contributed by atoms with E-state index in [1.54, 1.807) is 24.3 Å². The van der Waals surface area contributed by atoms with E-state index in [0.29, 0.717) is 17.7 Å². The number of carbonyl (C=O) groups is 2. The normalized spacial score (nSPS) is 19.7. The minimum absolute atomic E-state index is 0.0160. The molecule has 5 heteroatoms. The topological polar surface area (TPSA) is 46.6 Å². The van der Waals surface area contributed by atoms with Crippen molar-refractivity contribution in [1.82, 2.24) is 4.90 Å². The molecule has 3 rings (SSSR count). The summed E-state index contributed by atoms with van der Waals surface area (Å²) in [7, 11) is 0. The van der Waals surface area contributed by atoms with Crippen LogP contribution in [0, 0.1) is 0 Å². The van der Waals surface area contributed by atoms with Crippen molar-refractivity contribution in [2.75, 3.05) is 6.61 Å². The van der Waals surface area contributed by atoms with Crippen molar-refractivity contribution in [3.8, 4) is 5.75 Å². The lowest BCUT2D eigenvalue weighted by Gasteiger charge is -2.29. The molecule has 1 aliphatic heterocycles. The Morgan fingerprint density at radius 3 is 2.35 bits per heavy atom. The molecule has 1 fully saturated rings. The van der Waals surface area contributed by atoms with Gasteiger partial charge >= 0.3 is 0 Å². The number of hydrogen-bond donors (Lipinski definition) is 0. The Hall–Kier alpha value is -1.81. The molecule has 1 heterocycles. The highest BCUT2D eigenvalue weighted by molar-refractivity contribution is 6.55. The fraction of sp³-hybridized carbons (Fsp3) is 0.444. The number of ether oxygens (including phenoxy) is 1. The molecule has 2 amide bonds. The average molecular weight is 334 g/mol. The standard InChI is InChI=1S/C18H20ClNO3/c1-2-23-14-10-8-12(9-11-14)15-16(19)18(22)20(17(15)21)13-6-4-3-5-7-13/h8-11,13H,2-7H2,1H3. The van der Waals surface area contributed by atoms with Crippen LogP contribution in [-0.4, -0.2) is 29.4 Å². The predicted octanol–water partition coefficient (Wildman–Crippen LogP) is 3.74. The van der Waals surface area contributed by atoms with Crippen molar-refractivity contribution in [2.24, 2.45) is 0 Å². The number of nitrogens with zero attached hydrogens (tertiary/aromatic N) is 1. The van der Waals surface area contributed by atoms with Gasteiger partial charge in [-0.1, -0.05) is 43.0 Å². The van der Waals surface area contributed by atoms with Gasteiger partial charge in [0.25, 0.3) is 11.8 Å². The van der Waals surface area contributed by atoms with Gasteiger partial charge in [0, 0.05) is 6.04 Å². The van der Waals surface area contributed by atoms with Gasteiger partial charge in [-0.25, -0.2) is 0 Å². The molecule has 0 bridgehead atoms. The molecule has 0 unspecified atom stereocenters. The molecule has 0 spiro atoms. The first-order chi connectivity index (χ1) is 11.1. The average Bonchev–Trinajstić information content (AvgIpc) is 2.79. The lowest BCUT2D eigenvalue weighted by atomic mass is 9.94. The molecule has 0 atom stereocenters. The van der Waals surface area contributed by atoms with Crippen LogP contribution in [0.1, 0.15) is 44.6 Å². The van der Waals surface area contributed by atoms with Crippen molar-refractivity contribution in [2.45, 2.75) is 45.1 Å². The van der Waals surface area contributed by atoms with E-state index in [-0.39, 0.29) is 22.9 Å². The summed E-state index contributed by atoms with van der Waals surface area (Å²) in [5, 5.41) is 0.0322. The Morgan fingerprint density at radius 2 is 1.74 bits per heavy atom. The van der Waals surface area contributed by atoms with E-state index in [9.17, 15) is 9.59 Å². The van der Waals surface area contributed by atoms with E-state index >= 15 is 0 Å². The molecule has 4 nitrogen and oxygen atoms in total. The monoisotopic (exact) mass is 333 g/mol. The van der Waals surface area contributed by atoms with Crippen molar-refractivity contribution in [1.29, 1.82) is 0 Å². The number of halogens is 1. The van der Waals surface area contributed by atoms with Gasteiger partial charge < -0.3 is 4.74 Å². The largest absolute Gasteiger partial charge is 0.494 e. The summed E-state index contributed by atoms with van der Waals surface area (Å²) in [5.74, 6) is 0.109. The lowest BCUT2D eigenvalue weighted by molar-refractivity contribution is -0.139. The Labute approximate surface area is 141 Å². The molecule has 1 saturated carbocycles. The van der Waals surface area contributed by atoms with Crippen LogP contribution in [0.4, 0.5) is 0 Å². The van der Waals surface area contributed by atoms with Crippen LogP contribution in [0.5, 0.6) is 5.75 Å². The van der Waals surface area contributed by atoms with E-state index in [1.807, 2.05) is 6.92 Å². The highest BCUT2D eigenvalue weighted by Crippen LogP contribution is 2.36. The van der Waals surface area contributed by atoms with Crippen LogP contribution in [0.3, 0.4) is 0 Å². The van der Waals surface area contributed by atoms with Crippen LogP contribution in [0.25, 0.3) is 5.57 Å². The maximum absolute atomic E-state index is 12.8. The zero-order valence-corrected chi connectivity index (χ0v) is 13.9. The number of carbonyl (C=O) groups excluding carboxylic acids is 2. The van der Waals surface area contributed by atoms with Gasteiger partial charge in [-0.2, -0.15) is 0 Å². The smallest absolute Gasteiger partial charge is 0.273 e. The molecule has 122 valence electrons. The van der Waals surface area contributed by atoms with Gasteiger partial charge in [0.15, 0.2) is 0 Å².